The van der Waals surface area contributed by atoms with Gasteiger partial charge in [-0.2, -0.15) is 4.31 Å². The molecule has 0 unspecified atom stereocenters. The second-order valence-electron chi connectivity index (χ2n) is 3.28. The Morgan fingerprint density at radius 3 is 2.71 bits per heavy atom. The topological polar surface area (TPSA) is 76.3 Å². The van der Waals surface area contributed by atoms with Crippen molar-refractivity contribution in [3.63, 3.8) is 0 Å². The molecule has 7 heteroatoms. The molecule has 2 N–H and O–H groups in total. The van der Waals surface area contributed by atoms with Crippen LogP contribution in [0.1, 0.15) is 5.01 Å². The van der Waals surface area contributed by atoms with Crippen molar-refractivity contribution in [1.29, 1.82) is 0 Å². The van der Waals surface area contributed by atoms with E-state index in [1.165, 1.54) is 21.8 Å². The Labute approximate surface area is 86.6 Å². The van der Waals surface area contributed by atoms with Crippen molar-refractivity contribution in [3.05, 3.63) is 11.2 Å². The van der Waals surface area contributed by atoms with E-state index in [2.05, 4.69) is 4.98 Å². The summed E-state index contributed by atoms with van der Waals surface area (Å²) in [5.74, 6) is 0. The predicted molar refractivity (Wildman–Crippen MR) is 53.6 cm³/mol. The smallest absolute Gasteiger partial charge is 0.254 e. The first-order chi connectivity index (χ1) is 6.50. The third kappa shape index (κ3) is 1.56. The number of aromatic nitrogens is 1. The number of rotatable bonds is 2. The number of hydrogen-bond donors (Lipinski definition) is 1. The van der Waals surface area contributed by atoms with Gasteiger partial charge in [0.25, 0.3) is 10.0 Å². The van der Waals surface area contributed by atoms with E-state index in [0.29, 0.717) is 17.3 Å². The van der Waals surface area contributed by atoms with E-state index in [0.717, 1.165) is 5.01 Å². The normalized spacial score (nSPS) is 19.6. The van der Waals surface area contributed by atoms with Gasteiger partial charge in [-0.3, -0.25) is 0 Å². The summed E-state index contributed by atoms with van der Waals surface area (Å²) in [4.78, 5) is 3.92. The van der Waals surface area contributed by atoms with Crippen molar-refractivity contribution in [3.8, 4) is 0 Å². The van der Waals surface area contributed by atoms with Gasteiger partial charge < -0.3 is 5.73 Å². The van der Waals surface area contributed by atoms with Gasteiger partial charge in [0.15, 0.2) is 4.21 Å². The van der Waals surface area contributed by atoms with Gasteiger partial charge in [-0.25, -0.2) is 13.4 Å². The van der Waals surface area contributed by atoms with Crippen LogP contribution in [-0.2, 0) is 10.0 Å². The average Bonchev–Trinajstić information content (AvgIpc) is 2.46. The van der Waals surface area contributed by atoms with Crippen LogP contribution in [0.5, 0.6) is 0 Å². The summed E-state index contributed by atoms with van der Waals surface area (Å²) >= 11 is 1.19. The zero-order chi connectivity index (χ0) is 10.3. The molecular formula is C7H11N3O2S2. The van der Waals surface area contributed by atoms with Crippen LogP contribution in [0.4, 0.5) is 0 Å². The largest absolute Gasteiger partial charge is 0.325 e. The monoisotopic (exact) mass is 233 g/mol. The number of nitrogens with zero attached hydrogens (tertiary/aromatic N) is 2. The van der Waals surface area contributed by atoms with Gasteiger partial charge in [0.2, 0.25) is 0 Å². The molecule has 1 aliphatic rings. The highest BCUT2D eigenvalue weighted by molar-refractivity contribution is 7.91. The first-order valence-electron chi connectivity index (χ1n) is 4.18. The molecule has 0 aromatic carbocycles. The first kappa shape index (κ1) is 10.0. The van der Waals surface area contributed by atoms with Crippen LogP contribution in [0.25, 0.3) is 0 Å². The fourth-order valence-corrected chi connectivity index (χ4v) is 4.07. The molecule has 0 bridgehead atoms. The molecule has 78 valence electrons. The third-order valence-corrected chi connectivity index (χ3v) is 5.25. The minimum atomic E-state index is -3.30. The molecule has 0 radical (unpaired) electrons. The van der Waals surface area contributed by atoms with Gasteiger partial charge in [0.05, 0.1) is 11.2 Å². The van der Waals surface area contributed by atoms with E-state index in [9.17, 15) is 8.42 Å². The summed E-state index contributed by atoms with van der Waals surface area (Å²) in [5.41, 5.74) is 5.53. The van der Waals surface area contributed by atoms with Crippen LogP contribution < -0.4 is 5.73 Å². The molecular weight excluding hydrogens is 222 g/mol. The van der Waals surface area contributed by atoms with Crippen molar-refractivity contribution >= 4 is 21.4 Å². The standard InChI is InChI=1S/C7H11N3O2S2/c1-5-9-2-7(13-5)14(11,12)10-3-6(8)4-10/h2,6H,3-4,8H2,1H3. The van der Waals surface area contributed by atoms with E-state index in [1.54, 1.807) is 6.92 Å². The SMILES string of the molecule is Cc1ncc(S(=O)(=O)N2CC(N)C2)s1. The number of hydrogen-bond acceptors (Lipinski definition) is 5. The summed E-state index contributed by atoms with van der Waals surface area (Å²) in [6.07, 6.45) is 1.40. The van der Waals surface area contributed by atoms with Crippen LogP contribution in [-0.4, -0.2) is 36.8 Å². The first-order valence-corrected chi connectivity index (χ1v) is 6.44. The predicted octanol–water partition coefficient (Wildman–Crippen LogP) is -0.217. The van der Waals surface area contributed by atoms with Crippen molar-refractivity contribution in [2.45, 2.75) is 17.2 Å². The molecule has 5 nitrogen and oxygen atoms in total. The van der Waals surface area contributed by atoms with Gasteiger partial charge >= 0.3 is 0 Å². The van der Waals surface area contributed by atoms with Crippen LogP contribution in [0.3, 0.4) is 0 Å². The number of aryl methyl sites for hydroxylation is 1. The summed E-state index contributed by atoms with van der Waals surface area (Å²) in [7, 11) is -3.30. The van der Waals surface area contributed by atoms with Crippen molar-refractivity contribution < 1.29 is 8.42 Å². The molecule has 0 aliphatic carbocycles. The van der Waals surface area contributed by atoms with Gasteiger partial charge in [-0.15, -0.1) is 11.3 Å². The molecule has 1 aromatic rings. The molecule has 1 aromatic heterocycles. The minimum absolute atomic E-state index is 0.0150. The second-order valence-corrected chi connectivity index (χ2v) is 6.68. The number of thiazole rings is 1. The number of sulfonamides is 1. The molecule has 1 fully saturated rings. The molecule has 1 aliphatic heterocycles. The van der Waals surface area contributed by atoms with Gasteiger partial charge in [-0.1, -0.05) is 0 Å². The lowest BCUT2D eigenvalue weighted by molar-refractivity contribution is 0.266. The molecule has 14 heavy (non-hydrogen) atoms. The summed E-state index contributed by atoms with van der Waals surface area (Å²) in [5, 5.41) is 0.758. The van der Waals surface area contributed by atoms with Gasteiger partial charge in [-0.05, 0) is 6.92 Å². The Bertz CT molecular complexity index is 434. The fourth-order valence-electron chi connectivity index (χ4n) is 1.25. The van der Waals surface area contributed by atoms with Crippen LogP contribution in [0.2, 0.25) is 0 Å². The summed E-state index contributed by atoms with van der Waals surface area (Å²) in [6.45, 7) is 2.62. The van der Waals surface area contributed by atoms with Crippen molar-refractivity contribution in [2.24, 2.45) is 5.73 Å². The molecule has 0 saturated carbocycles. The van der Waals surface area contributed by atoms with E-state index < -0.39 is 10.0 Å². The lowest BCUT2D eigenvalue weighted by atomic mass is 10.2. The Morgan fingerprint density at radius 2 is 2.29 bits per heavy atom. The maximum Gasteiger partial charge on any atom is 0.254 e. The summed E-state index contributed by atoms with van der Waals surface area (Å²) in [6, 6.07) is -0.0150. The highest BCUT2D eigenvalue weighted by atomic mass is 32.2. The third-order valence-electron chi connectivity index (χ3n) is 2.07. The molecule has 1 saturated heterocycles. The Hall–Kier alpha value is -0.500. The van der Waals surface area contributed by atoms with Crippen LogP contribution >= 0.6 is 11.3 Å². The maximum atomic E-state index is 11.8. The highest BCUT2D eigenvalue weighted by Crippen LogP contribution is 2.25. The van der Waals surface area contributed by atoms with E-state index in [4.69, 9.17) is 5.73 Å². The maximum absolute atomic E-state index is 11.8. The fraction of sp³-hybridized carbons (Fsp3) is 0.571. The zero-order valence-electron chi connectivity index (χ0n) is 7.67. The zero-order valence-corrected chi connectivity index (χ0v) is 9.31. The van der Waals surface area contributed by atoms with Crippen LogP contribution in [0.15, 0.2) is 10.4 Å². The number of nitrogens with two attached hydrogens (primary N) is 1. The van der Waals surface area contributed by atoms with E-state index in [1.807, 2.05) is 0 Å². The Kier molecular flexibility index (Phi) is 2.34. The van der Waals surface area contributed by atoms with Crippen molar-refractivity contribution in [1.82, 2.24) is 9.29 Å². The quantitative estimate of drug-likeness (QED) is 0.766. The minimum Gasteiger partial charge on any atom is -0.325 e. The lowest BCUT2D eigenvalue weighted by Crippen LogP contribution is -2.57. The molecule has 2 rings (SSSR count). The van der Waals surface area contributed by atoms with Gasteiger partial charge in [0.1, 0.15) is 0 Å². The Morgan fingerprint density at radius 1 is 1.64 bits per heavy atom. The molecule has 2 heterocycles. The average molecular weight is 233 g/mol. The van der Waals surface area contributed by atoms with E-state index >= 15 is 0 Å². The second kappa shape index (κ2) is 3.27. The Balaban J connectivity index is 2.25. The summed E-state index contributed by atoms with van der Waals surface area (Å²) < 4.78 is 25.3. The molecule has 0 atom stereocenters. The van der Waals surface area contributed by atoms with Gasteiger partial charge in [0, 0.05) is 19.1 Å². The highest BCUT2D eigenvalue weighted by Gasteiger charge is 2.35. The van der Waals surface area contributed by atoms with Crippen LogP contribution in [0, 0.1) is 6.92 Å². The molecule has 0 spiro atoms. The van der Waals surface area contributed by atoms with E-state index in [-0.39, 0.29) is 6.04 Å². The van der Waals surface area contributed by atoms with Crippen molar-refractivity contribution in [2.75, 3.05) is 13.1 Å². The lowest BCUT2D eigenvalue weighted by Gasteiger charge is -2.34. The molecule has 0 amide bonds.